The number of carbonyl (C=O) groups excluding carboxylic acids is 3. The van der Waals surface area contributed by atoms with Crippen molar-refractivity contribution in [3.05, 3.63) is 71.3 Å². The van der Waals surface area contributed by atoms with Crippen LogP contribution in [0.25, 0.3) is 0 Å². The lowest BCUT2D eigenvalue weighted by Gasteiger charge is -2.08. The first-order valence-electron chi connectivity index (χ1n) is 8.16. The van der Waals surface area contributed by atoms with Gasteiger partial charge >= 0.3 is 5.97 Å². The average molecular weight is 376 g/mol. The SMILES string of the molecule is O=C(COC(=O)CNC(=O)c1ccccc1F)NCCc1ccccc1F. The molecule has 0 radical (unpaired) electrons. The molecule has 2 aromatic carbocycles. The largest absolute Gasteiger partial charge is 0.454 e. The molecule has 0 saturated heterocycles. The summed E-state index contributed by atoms with van der Waals surface area (Å²) in [6, 6.07) is 11.5. The summed E-state index contributed by atoms with van der Waals surface area (Å²) < 4.78 is 31.6. The van der Waals surface area contributed by atoms with Crippen molar-refractivity contribution in [1.29, 1.82) is 0 Å². The van der Waals surface area contributed by atoms with Gasteiger partial charge in [0.2, 0.25) is 0 Å². The number of benzene rings is 2. The molecule has 2 rings (SSSR count). The number of hydrogen-bond acceptors (Lipinski definition) is 4. The van der Waals surface area contributed by atoms with Crippen molar-refractivity contribution in [2.24, 2.45) is 0 Å². The first kappa shape index (κ1) is 20.0. The van der Waals surface area contributed by atoms with Gasteiger partial charge in [0.25, 0.3) is 11.8 Å². The highest BCUT2D eigenvalue weighted by Gasteiger charge is 2.13. The second kappa shape index (κ2) is 10.0. The Balaban J connectivity index is 1.65. The van der Waals surface area contributed by atoms with Crippen LogP contribution in [0.3, 0.4) is 0 Å². The molecule has 0 heterocycles. The number of ether oxygens (including phenoxy) is 1. The predicted molar refractivity (Wildman–Crippen MR) is 92.8 cm³/mol. The minimum Gasteiger partial charge on any atom is -0.454 e. The molecule has 0 spiro atoms. The summed E-state index contributed by atoms with van der Waals surface area (Å²) in [6.45, 7) is -0.858. The summed E-state index contributed by atoms with van der Waals surface area (Å²) >= 11 is 0. The lowest BCUT2D eigenvalue weighted by molar-refractivity contribution is -0.147. The minimum atomic E-state index is -0.844. The van der Waals surface area contributed by atoms with Crippen molar-refractivity contribution in [3.63, 3.8) is 0 Å². The molecule has 0 aliphatic heterocycles. The van der Waals surface area contributed by atoms with Gasteiger partial charge in [-0.25, -0.2) is 8.78 Å². The molecule has 27 heavy (non-hydrogen) atoms. The number of hydrogen-bond donors (Lipinski definition) is 2. The quantitative estimate of drug-likeness (QED) is 0.686. The zero-order valence-electron chi connectivity index (χ0n) is 14.3. The van der Waals surface area contributed by atoms with E-state index in [2.05, 4.69) is 10.6 Å². The molecule has 6 nitrogen and oxygen atoms in total. The number of rotatable bonds is 8. The fourth-order valence-electron chi connectivity index (χ4n) is 2.18. The minimum absolute atomic E-state index is 0.182. The van der Waals surface area contributed by atoms with Crippen LogP contribution >= 0.6 is 0 Å². The van der Waals surface area contributed by atoms with Crippen LogP contribution in [0, 0.1) is 11.6 Å². The average Bonchev–Trinajstić information content (AvgIpc) is 2.66. The maximum Gasteiger partial charge on any atom is 0.325 e. The monoisotopic (exact) mass is 376 g/mol. The molecule has 0 fully saturated rings. The van der Waals surface area contributed by atoms with Crippen molar-refractivity contribution >= 4 is 17.8 Å². The van der Waals surface area contributed by atoms with Crippen LogP contribution in [0.5, 0.6) is 0 Å². The van der Waals surface area contributed by atoms with Crippen LogP contribution in [-0.2, 0) is 20.7 Å². The Morgan fingerprint density at radius 3 is 2.26 bits per heavy atom. The van der Waals surface area contributed by atoms with E-state index in [1.807, 2.05) is 0 Å². The molecule has 2 amide bonds. The van der Waals surface area contributed by atoms with Crippen molar-refractivity contribution in [2.45, 2.75) is 6.42 Å². The van der Waals surface area contributed by atoms with Crippen LogP contribution < -0.4 is 10.6 Å². The van der Waals surface area contributed by atoms with E-state index < -0.39 is 36.8 Å². The number of nitrogens with one attached hydrogen (secondary N) is 2. The third-order valence-corrected chi connectivity index (χ3v) is 3.55. The van der Waals surface area contributed by atoms with Crippen LogP contribution in [-0.4, -0.2) is 37.5 Å². The van der Waals surface area contributed by atoms with E-state index >= 15 is 0 Å². The standard InChI is InChI=1S/C19H18F2N2O4/c20-15-7-3-1-5-13(15)9-10-22-17(24)12-27-18(25)11-23-19(26)14-6-2-4-8-16(14)21/h1-8H,9-12H2,(H,22,24)(H,23,26). The van der Waals surface area contributed by atoms with Crippen molar-refractivity contribution in [1.82, 2.24) is 10.6 Å². The summed E-state index contributed by atoms with van der Waals surface area (Å²) in [5.74, 6) is -3.23. The topological polar surface area (TPSA) is 84.5 Å². The predicted octanol–water partition coefficient (Wildman–Crippen LogP) is 1.60. The Bertz CT molecular complexity index is 827. The third kappa shape index (κ3) is 6.50. The molecule has 2 N–H and O–H groups in total. The smallest absolute Gasteiger partial charge is 0.325 e. The van der Waals surface area contributed by atoms with Gasteiger partial charge in [-0.05, 0) is 30.2 Å². The maximum absolute atomic E-state index is 13.4. The normalized spacial score (nSPS) is 10.1. The van der Waals surface area contributed by atoms with Crippen molar-refractivity contribution in [2.75, 3.05) is 19.7 Å². The van der Waals surface area contributed by atoms with E-state index in [-0.39, 0.29) is 17.9 Å². The van der Waals surface area contributed by atoms with E-state index in [1.54, 1.807) is 18.2 Å². The molecule has 0 saturated carbocycles. The van der Waals surface area contributed by atoms with Crippen LogP contribution in [0.4, 0.5) is 8.78 Å². The lowest BCUT2D eigenvalue weighted by Crippen LogP contribution is -2.34. The van der Waals surface area contributed by atoms with Crippen molar-refractivity contribution in [3.8, 4) is 0 Å². The second-order valence-electron chi connectivity index (χ2n) is 5.51. The summed E-state index contributed by atoms with van der Waals surface area (Å²) in [7, 11) is 0. The van der Waals surface area contributed by atoms with Crippen LogP contribution in [0.2, 0.25) is 0 Å². The van der Waals surface area contributed by atoms with E-state index in [4.69, 9.17) is 4.74 Å². The Hall–Kier alpha value is -3.29. The van der Waals surface area contributed by atoms with E-state index in [1.165, 1.54) is 24.3 Å². The van der Waals surface area contributed by atoms with Gasteiger partial charge in [0.15, 0.2) is 6.61 Å². The summed E-state index contributed by atoms with van der Waals surface area (Å²) in [6.07, 6.45) is 0.297. The fourth-order valence-corrected chi connectivity index (χ4v) is 2.18. The van der Waals surface area contributed by atoms with Crippen molar-refractivity contribution < 1.29 is 27.9 Å². The fraction of sp³-hybridized carbons (Fsp3) is 0.211. The molecule has 0 aliphatic rings. The lowest BCUT2D eigenvalue weighted by atomic mass is 10.1. The Labute approximate surface area is 154 Å². The zero-order valence-corrected chi connectivity index (χ0v) is 14.3. The number of carbonyl (C=O) groups is 3. The first-order chi connectivity index (χ1) is 13.0. The summed E-state index contributed by atoms with van der Waals surface area (Å²) in [5.41, 5.74) is 0.266. The van der Waals surface area contributed by atoms with Gasteiger partial charge in [0.1, 0.15) is 18.2 Å². The van der Waals surface area contributed by atoms with E-state index in [0.29, 0.717) is 12.0 Å². The van der Waals surface area contributed by atoms with Gasteiger partial charge in [0, 0.05) is 6.54 Å². The van der Waals surface area contributed by atoms with Gasteiger partial charge < -0.3 is 15.4 Å². The zero-order chi connectivity index (χ0) is 19.6. The Morgan fingerprint density at radius 1 is 0.889 bits per heavy atom. The number of amides is 2. The van der Waals surface area contributed by atoms with E-state index in [9.17, 15) is 23.2 Å². The molecule has 2 aromatic rings. The number of esters is 1. The summed E-state index contributed by atoms with van der Waals surface area (Å²) in [5, 5.41) is 4.70. The molecule has 0 bridgehead atoms. The molecular weight excluding hydrogens is 358 g/mol. The van der Waals surface area contributed by atoms with Gasteiger partial charge in [-0.1, -0.05) is 30.3 Å². The highest BCUT2D eigenvalue weighted by atomic mass is 19.1. The van der Waals surface area contributed by atoms with Gasteiger partial charge in [-0.2, -0.15) is 0 Å². The molecule has 0 aromatic heterocycles. The molecule has 142 valence electrons. The second-order valence-corrected chi connectivity index (χ2v) is 5.51. The Kier molecular flexibility index (Phi) is 7.42. The molecule has 0 atom stereocenters. The number of halogens is 2. The van der Waals surface area contributed by atoms with Crippen LogP contribution in [0.1, 0.15) is 15.9 Å². The molecule has 0 unspecified atom stereocenters. The first-order valence-corrected chi connectivity index (χ1v) is 8.16. The third-order valence-electron chi connectivity index (χ3n) is 3.55. The molecule has 8 heteroatoms. The highest BCUT2D eigenvalue weighted by Crippen LogP contribution is 2.06. The molecule has 0 aliphatic carbocycles. The summed E-state index contributed by atoms with van der Waals surface area (Å²) in [4.78, 5) is 34.9. The highest BCUT2D eigenvalue weighted by molar-refractivity contribution is 5.96. The van der Waals surface area contributed by atoms with Gasteiger partial charge in [0.05, 0.1) is 5.56 Å². The van der Waals surface area contributed by atoms with Crippen LogP contribution in [0.15, 0.2) is 48.5 Å². The van der Waals surface area contributed by atoms with E-state index in [0.717, 1.165) is 6.07 Å². The van der Waals surface area contributed by atoms with Gasteiger partial charge in [-0.15, -0.1) is 0 Å². The Morgan fingerprint density at radius 2 is 1.56 bits per heavy atom. The maximum atomic E-state index is 13.4. The molecular formula is C19H18F2N2O4. The van der Waals surface area contributed by atoms with Gasteiger partial charge in [-0.3, -0.25) is 14.4 Å².